The normalized spacial score (nSPS) is 15.9. The summed E-state index contributed by atoms with van der Waals surface area (Å²) in [5.41, 5.74) is -0.995. The smallest absolute Gasteiger partial charge is 0.258 e. The van der Waals surface area contributed by atoms with E-state index in [1.807, 2.05) is 0 Å². The van der Waals surface area contributed by atoms with E-state index in [0.717, 1.165) is 35.3 Å². The van der Waals surface area contributed by atoms with E-state index in [0.29, 0.717) is 0 Å². The van der Waals surface area contributed by atoms with Crippen LogP contribution in [0.5, 0.6) is 0 Å². The van der Waals surface area contributed by atoms with Crippen LogP contribution in [0, 0.1) is 15.9 Å². The number of benzene rings is 1. The average Bonchev–Trinajstić information content (AvgIpc) is 3.10. The molecule has 0 saturated heterocycles. The summed E-state index contributed by atoms with van der Waals surface area (Å²) in [5, 5.41) is 10.8. The molecule has 1 saturated carbocycles. The lowest BCUT2D eigenvalue weighted by atomic mass is 10.3. The van der Waals surface area contributed by atoms with Crippen molar-refractivity contribution in [2.75, 3.05) is 7.05 Å². The van der Waals surface area contributed by atoms with Crippen LogP contribution in [-0.4, -0.2) is 30.7 Å². The predicted molar refractivity (Wildman–Crippen MR) is 61.0 cm³/mol. The van der Waals surface area contributed by atoms with E-state index in [9.17, 15) is 22.9 Å². The second-order valence-corrected chi connectivity index (χ2v) is 6.06. The van der Waals surface area contributed by atoms with E-state index in [-0.39, 0.29) is 6.04 Å². The van der Waals surface area contributed by atoms with Crippen LogP contribution in [0.4, 0.5) is 10.1 Å². The van der Waals surface area contributed by atoms with E-state index in [1.54, 1.807) is 0 Å². The van der Waals surface area contributed by atoms with Crippen LogP contribution in [0.25, 0.3) is 0 Å². The maximum atomic E-state index is 13.4. The molecular weight excluding hydrogens is 263 g/mol. The summed E-state index contributed by atoms with van der Waals surface area (Å²) in [6.07, 6.45) is 1.44. The van der Waals surface area contributed by atoms with Gasteiger partial charge in [0.1, 0.15) is 0 Å². The summed E-state index contributed by atoms with van der Waals surface area (Å²) in [4.78, 5) is 9.17. The lowest BCUT2D eigenvalue weighted by Gasteiger charge is -2.16. The first-order valence-corrected chi connectivity index (χ1v) is 6.70. The van der Waals surface area contributed by atoms with Gasteiger partial charge in [-0.25, -0.2) is 8.42 Å². The molecule has 0 heterocycles. The lowest BCUT2D eigenvalue weighted by Crippen LogP contribution is -2.29. The van der Waals surface area contributed by atoms with Gasteiger partial charge >= 0.3 is 5.69 Å². The molecule has 0 N–H and O–H groups in total. The van der Waals surface area contributed by atoms with Crippen LogP contribution >= 0.6 is 0 Å². The first-order chi connectivity index (χ1) is 8.35. The summed E-state index contributed by atoms with van der Waals surface area (Å²) >= 11 is 0. The number of hydrogen-bond acceptors (Lipinski definition) is 4. The van der Waals surface area contributed by atoms with Gasteiger partial charge in [0.25, 0.3) is 0 Å². The number of para-hydroxylation sites is 1. The van der Waals surface area contributed by atoms with Gasteiger partial charge in [0.05, 0.1) is 4.92 Å². The maximum Gasteiger partial charge on any atom is 0.324 e. The molecule has 18 heavy (non-hydrogen) atoms. The third-order valence-corrected chi connectivity index (χ3v) is 4.79. The standard InChI is InChI=1S/C10H11FN2O4S/c1-12(7-5-6-7)18(16,17)9-4-2-3-8(11)10(9)13(14)15/h2-4,7H,5-6H2,1H3. The van der Waals surface area contributed by atoms with Crippen LogP contribution in [0.2, 0.25) is 0 Å². The van der Waals surface area contributed by atoms with Gasteiger partial charge in [-0.15, -0.1) is 0 Å². The van der Waals surface area contributed by atoms with Crippen molar-refractivity contribution in [1.29, 1.82) is 0 Å². The number of nitro benzene ring substituents is 1. The molecule has 1 aliphatic rings. The number of halogens is 1. The van der Waals surface area contributed by atoms with Gasteiger partial charge in [-0.2, -0.15) is 8.70 Å². The molecule has 0 amide bonds. The van der Waals surface area contributed by atoms with Crippen LogP contribution in [0.3, 0.4) is 0 Å². The van der Waals surface area contributed by atoms with Gasteiger partial charge in [0.2, 0.25) is 15.8 Å². The zero-order chi connectivity index (χ0) is 13.5. The van der Waals surface area contributed by atoms with Crippen molar-refractivity contribution in [3.05, 3.63) is 34.1 Å². The minimum atomic E-state index is -4.02. The monoisotopic (exact) mass is 274 g/mol. The molecule has 1 fully saturated rings. The molecule has 8 heteroatoms. The highest BCUT2D eigenvalue weighted by molar-refractivity contribution is 7.89. The summed E-state index contributed by atoms with van der Waals surface area (Å²) in [6, 6.07) is 2.93. The van der Waals surface area contributed by atoms with Crippen LogP contribution in [0.15, 0.2) is 23.1 Å². The number of nitrogens with zero attached hydrogens (tertiary/aromatic N) is 2. The van der Waals surface area contributed by atoms with Crippen LogP contribution in [0.1, 0.15) is 12.8 Å². The highest BCUT2D eigenvalue weighted by atomic mass is 32.2. The van der Waals surface area contributed by atoms with E-state index < -0.39 is 31.3 Å². The van der Waals surface area contributed by atoms with Gasteiger partial charge in [-0.3, -0.25) is 10.1 Å². The first kappa shape index (κ1) is 12.9. The topological polar surface area (TPSA) is 80.5 Å². The Bertz CT molecular complexity index is 598. The van der Waals surface area contributed by atoms with E-state index >= 15 is 0 Å². The number of rotatable bonds is 4. The molecule has 1 aromatic carbocycles. The van der Waals surface area contributed by atoms with E-state index in [2.05, 4.69) is 0 Å². The van der Waals surface area contributed by atoms with Crippen molar-refractivity contribution in [3.8, 4) is 0 Å². The van der Waals surface area contributed by atoms with Crippen LogP contribution < -0.4 is 0 Å². The fourth-order valence-electron chi connectivity index (χ4n) is 1.67. The average molecular weight is 274 g/mol. The third-order valence-electron chi connectivity index (χ3n) is 2.85. The molecule has 1 aromatic rings. The van der Waals surface area contributed by atoms with E-state index in [4.69, 9.17) is 0 Å². The molecule has 0 spiro atoms. The number of hydrogen-bond donors (Lipinski definition) is 0. The fraction of sp³-hybridized carbons (Fsp3) is 0.400. The quantitative estimate of drug-likeness (QED) is 0.615. The zero-order valence-electron chi connectivity index (χ0n) is 9.54. The summed E-state index contributed by atoms with van der Waals surface area (Å²) in [5.74, 6) is -1.15. The minimum Gasteiger partial charge on any atom is -0.258 e. The highest BCUT2D eigenvalue weighted by Gasteiger charge is 2.39. The summed E-state index contributed by atoms with van der Waals surface area (Å²) < 4.78 is 38.7. The number of nitro groups is 1. The Morgan fingerprint density at radius 3 is 2.56 bits per heavy atom. The van der Waals surface area contributed by atoms with Gasteiger partial charge in [0.15, 0.2) is 4.90 Å². The zero-order valence-corrected chi connectivity index (χ0v) is 10.4. The Hall–Kier alpha value is -1.54. The Morgan fingerprint density at radius 2 is 2.06 bits per heavy atom. The Labute approximate surface area is 103 Å². The molecule has 0 aromatic heterocycles. The van der Waals surface area contributed by atoms with Gasteiger partial charge < -0.3 is 0 Å². The minimum absolute atomic E-state index is 0.141. The molecule has 0 bridgehead atoms. The molecule has 0 aliphatic heterocycles. The Balaban J connectivity index is 2.57. The summed E-state index contributed by atoms with van der Waals surface area (Å²) in [6.45, 7) is 0. The van der Waals surface area contributed by atoms with Crippen molar-refractivity contribution in [2.45, 2.75) is 23.8 Å². The Morgan fingerprint density at radius 1 is 1.44 bits per heavy atom. The third kappa shape index (κ3) is 2.08. The molecular formula is C10H11FN2O4S. The SMILES string of the molecule is CN(C1CC1)S(=O)(=O)c1cccc(F)c1[N+](=O)[O-]. The molecule has 0 radical (unpaired) electrons. The molecule has 0 atom stereocenters. The van der Waals surface area contributed by atoms with Gasteiger partial charge in [-0.05, 0) is 25.0 Å². The highest BCUT2D eigenvalue weighted by Crippen LogP contribution is 2.34. The lowest BCUT2D eigenvalue weighted by molar-refractivity contribution is -0.390. The fourth-order valence-corrected chi connectivity index (χ4v) is 3.25. The summed E-state index contributed by atoms with van der Waals surface area (Å²) in [7, 11) is -2.67. The largest absolute Gasteiger partial charge is 0.324 e. The molecule has 1 aliphatic carbocycles. The van der Waals surface area contributed by atoms with Crippen molar-refractivity contribution >= 4 is 15.7 Å². The van der Waals surface area contributed by atoms with Gasteiger partial charge in [-0.1, -0.05) is 6.07 Å². The molecule has 98 valence electrons. The molecule has 2 rings (SSSR count). The molecule has 0 unspecified atom stereocenters. The second kappa shape index (κ2) is 4.29. The van der Waals surface area contributed by atoms with E-state index in [1.165, 1.54) is 7.05 Å². The van der Waals surface area contributed by atoms with Crippen molar-refractivity contribution < 1.29 is 17.7 Å². The van der Waals surface area contributed by atoms with Crippen molar-refractivity contribution in [3.63, 3.8) is 0 Å². The predicted octanol–water partition coefficient (Wildman–Crippen LogP) is 1.52. The van der Waals surface area contributed by atoms with Crippen molar-refractivity contribution in [2.24, 2.45) is 0 Å². The number of sulfonamides is 1. The van der Waals surface area contributed by atoms with Gasteiger partial charge in [0, 0.05) is 13.1 Å². The second-order valence-electron chi connectivity index (χ2n) is 4.10. The maximum absolute atomic E-state index is 13.4. The first-order valence-electron chi connectivity index (χ1n) is 5.26. The Kier molecular flexibility index (Phi) is 3.07. The van der Waals surface area contributed by atoms with Crippen molar-refractivity contribution in [1.82, 2.24) is 4.31 Å². The van der Waals surface area contributed by atoms with Crippen LogP contribution in [-0.2, 0) is 10.0 Å². The molecule has 6 nitrogen and oxygen atoms in total.